The molecule has 1 aromatic rings. The number of hydrogen-bond acceptors (Lipinski definition) is 3. The number of anilines is 1. The quantitative estimate of drug-likeness (QED) is 0.341. The molecule has 0 radical (unpaired) electrons. The van der Waals surface area contributed by atoms with Crippen LogP contribution in [0.3, 0.4) is 0 Å². The number of aldehydes is 1. The summed E-state index contributed by atoms with van der Waals surface area (Å²) in [5.74, 6) is -0.574. The number of carbonyl (C=O) groups excluding carboxylic acids is 2. The number of carbonyl (C=O) groups is 2. The second-order valence-corrected chi connectivity index (χ2v) is 5.86. The van der Waals surface area contributed by atoms with Crippen molar-refractivity contribution in [2.75, 3.05) is 5.73 Å². The number of rotatable bonds is 2. The Bertz CT molecular complexity index is 460. The Balaban J connectivity index is 3.75. The number of amides is 1. The van der Waals surface area contributed by atoms with Gasteiger partial charge in [-0.25, -0.2) is 0 Å². The van der Waals surface area contributed by atoms with Crippen molar-refractivity contribution >= 4 is 85.7 Å². The van der Waals surface area contributed by atoms with Gasteiger partial charge in [0, 0.05) is 12.7 Å². The lowest BCUT2D eigenvalue weighted by Gasteiger charge is -2.11. The zero-order valence-electron chi connectivity index (χ0n) is 7.18. The van der Waals surface area contributed by atoms with Crippen molar-refractivity contribution in [1.82, 2.24) is 0 Å². The molecule has 0 aromatic heterocycles. The Kier molecular flexibility index (Phi) is 4.58. The molecular weight excluding hydrogens is 537 g/mol. The van der Waals surface area contributed by atoms with E-state index in [0.717, 1.165) is 0 Å². The zero-order valence-corrected chi connectivity index (χ0v) is 13.7. The van der Waals surface area contributed by atoms with Gasteiger partial charge in [-0.2, -0.15) is 0 Å². The fraction of sp³-hybridized carbons (Fsp3) is 0. The SMILES string of the molecule is NC(=O)c1c(I)c(N)c(I)c(C=O)c1I. The highest BCUT2D eigenvalue weighted by molar-refractivity contribution is 14.1. The molecule has 0 fully saturated rings. The van der Waals surface area contributed by atoms with E-state index in [4.69, 9.17) is 11.5 Å². The maximum atomic E-state index is 11.2. The molecule has 0 spiro atoms. The second kappa shape index (κ2) is 5.12. The summed E-state index contributed by atoms with van der Waals surface area (Å²) in [5.41, 5.74) is 12.2. The summed E-state index contributed by atoms with van der Waals surface area (Å²) in [4.78, 5) is 22.1. The van der Waals surface area contributed by atoms with E-state index in [1.165, 1.54) is 0 Å². The van der Waals surface area contributed by atoms with Gasteiger partial charge in [0.1, 0.15) is 0 Å². The maximum Gasteiger partial charge on any atom is 0.250 e. The van der Waals surface area contributed by atoms with Gasteiger partial charge < -0.3 is 11.5 Å². The number of nitrogen functional groups attached to an aromatic ring is 1. The van der Waals surface area contributed by atoms with E-state index in [9.17, 15) is 9.59 Å². The first-order valence-corrected chi connectivity index (χ1v) is 6.86. The average molecular weight is 542 g/mol. The van der Waals surface area contributed by atoms with Crippen molar-refractivity contribution in [2.45, 2.75) is 0 Å². The summed E-state index contributed by atoms with van der Waals surface area (Å²) in [5, 5.41) is 0. The lowest BCUT2D eigenvalue weighted by atomic mass is 10.1. The molecule has 0 aliphatic heterocycles. The fourth-order valence-corrected chi connectivity index (χ4v) is 4.98. The summed E-state index contributed by atoms with van der Waals surface area (Å²) in [6.07, 6.45) is 0.683. The molecule has 1 aromatic carbocycles. The third-order valence-electron chi connectivity index (χ3n) is 1.75. The number of halogens is 3. The molecule has 0 aliphatic carbocycles. The van der Waals surface area contributed by atoms with E-state index < -0.39 is 5.91 Å². The summed E-state index contributed by atoms with van der Waals surface area (Å²) in [6, 6.07) is 0. The Morgan fingerprint density at radius 2 is 1.67 bits per heavy atom. The highest BCUT2D eigenvalue weighted by Gasteiger charge is 2.21. The number of nitrogens with two attached hydrogens (primary N) is 2. The summed E-state index contributed by atoms with van der Waals surface area (Å²) in [6.45, 7) is 0. The van der Waals surface area contributed by atoms with Crippen LogP contribution in [0.25, 0.3) is 0 Å². The fourth-order valence-electron chi connectivity index (χ4n) is 1.02. The first-order valence-electron chi connectivity index (χ1n) is 3.62. The van der Waals surface area contributed by atoms with Gasteiger partial charge in [-0.3, -0.25) is 9.59 Å². The molecule has 0 atom stereocenters. The largest absolute Gasteiger partial charge is 0.397 e. The summed E-state index contributed by atoms with van der Waals surface area (Å²) < 4.78 is 1.80. The van der Waals surface area contributed by atoms with E-state index in [1.54, 1.807) is 0 Å². The highest BCUT2D eigenvalue weighted by Crippen LogP contribution is 2.32. The molecule has 1 amide bonds. The predicted octanol–water partition coefficient (Wildman–Crippen LogP) is 1.99. The molecule has 0 saturated heterocycles. The van der Waals surface area contributed by atoms with Crippen LogP contribution < -0.4 is 11.5 Å². The minimum atomic E-state index is -0.574. The molecule has 0 aliphatic rings. The van der Waals surface area contributed by atoms with Crippen LogP contribution in [0.5, 0.6) is 0 Å². The molecule has 4 N–H and O–H groups in total. The summed E-state index contributed by atoms with van der Waals surface area (Å²) >= 11 is 5.86. The van der Waals surface area contributed by atoms with Crippen molar-refractivity contribution in [3.8, 4) is 0 Å². The Labute approximate surface area is 127 Å². The van der Waals surface area contributed by atoms with E-state index >= 15 is 0 Å². The zero-order chi connectivity index (χ0) is 11.7. The molecule has 4 nitrogen and oxygen atoms in total. The Hall–Kier alpha value is 0.350. The van der Waals surface area contributed by atoms with Gasteiger partial charge in [-0.15, -0.1) is 0 Å². The first-order chi connectivity index (χ1) is 6.91. The minimum absolute atomic E-state index is 0.316. The van der Waals surface area contributed by atoms with E-state index in [-0.39, 0.29) is 0 Å². The monoisotopic (exact) mass is 542 g/mol. The second-order valence-electron chi connectivity index (χ2n) is 2.63. The molecule has 1 rings (SSSR count). The lowest BCUT2D eigenvalue weighted by Crippen LogP contribution is -2.18. The van der Waals surface area contributed by atoms with Crippen molar-refractivity contribution in [2.24, 2.45) is 5.73 Å². The van der Waals surface area contributed by atoms with Crippen molar-refractivity contribution < 1.29 is 9.59 Å². The van der Waals surface area contributed by atoms with E-state index in [0.29, 0.717) is 33.8 Å². The topological polar surface area (TPSA) is 86.2 Å². The first kappa shape index (κ1) is 13.4. The number of benzene rings is 1. The van der Waals surface area contributed by atoms with Gasteiger partial charge in [0.15, 0.2) is 6.29 Å². The van der Waals surface area contributed by atoms with Gasteiger partial charge in [0.25, 0.3) is 5.91 Å². The Morgan fingerprint density at radius 1 is 1.13 bits per heavy atom. The van der Waals surface area contributed by atoms with Crippen LogP contribution in [-0.2, 0) is 0 Å². The predicted molar refractivity (Wildman–Crippen MR) is 82.9 cm³/mol. The standard InChI is InChI=1S/C8H5I3N2O2/c9-4-2(1-14)5(10)7(12)6(11)3(4)8(13)15/h1H,12H2,(H2,13,15). The van der Waals surface area contributed by atoms with Crippen LogP contribution in [0.4, 0.5) is 5.69 Å². The van der Waals surface area contributed by atoms with Gasteiger partial charge >= 0.3 is 0 Å². The van der Waals surface area contributed by atoms with Crippen LogP contribution in [0.1, 0.15) is 20.7 Å². The van der Waals surface area contributed by atoms with E-state index in [2.05, 4.69) is 0 Å². The van der Waals surface area contributed by atoms with Crippen LogP contribution in [-0.4, -0.2) is 12.2 Å². The average Bonchev–Trinajstić information content (AvgIpc) is 2.15. The molecule has 7 heteroatoms. The minimum Gasteiger partial charge on any atom is -0.397 e. The van der Waals surface area contributed by atoms with Crippen LogP contribution in [0, 0.1) is 10.7 Å². The van der Waals surface area contributed by atoms with Crippen molar-refractivity contribution in [1.29, 1.82) is 0 Å². The molecule has 0 heterocycles. The number of hydrogen-bond donors (Lipinski definition) is 2. The summed E-state index contributed by atoms with van der Waals surface area (Å²) in [7, 11) is 0. The molecule has 0 saturated carbocycles. The number of primary amides is 1. The van der Waals surface area contributed by atoms with E-state index in [1.807, 2.05) is 67.8 Å². The third-order valence-corrected chi connectivity index (χ3v) is 5.15. The maximum absolute atomic E-state index is 11.2. The van der Waals surface area contributed by atoms with Crippen LogP contribution in [0.15, 0.2) is 0 Å². The molecule has 0 bridgehead atoms. The highest BCUT2D eigenvalue weighted by atomic mass is 127. The Morgan fingerprint density at radius 3 is 2.07 bits per heavy atom. The van der Waals surface area contributed by atoms with Crippen molar-refractivity contribution in [3.63, 3.8) is 0 Å². The van der Waals surface area contributed by atoms with Gasteiger partial charge in [-0.1, -0.05) is 0 Å². The third kappa shape index (κ3) is 2.38. The molecule has 0 unspecified atom stereocenters. The molecule has 80 valence electrons. The molecular formula is C8H5I3N2O2. The van der Waals surface area contributed by atoms with Gasteiger partial charge in [-0.05, 0) is 67.8 Å². The van der Waals surface area contributed by atoms with Gasteiger partial charge in [0.2, 0.25) is 0 Å². The van der Waals surface area contributed by atoms with Crippen LogP contribution >= 0.6 is 67.8 Å². The molecule has 15 heavy (non-hydrogen) atoms. The normalized spacial score (nSPS) is 10.1. The van der Waals surface area contributed by atoms with Crippen LogP contribution in [0.2, 0.25) is 0 Å². The smallest absolute Gasteiger partial charge is 0.250 e. The van der Waals surface area contributed by atoms with Gasteiger partial charge in [0.05, 0.1) is 14.8 Å². The lowest BCUT2D eigenvalue weighted by molar-refractivity contribution is 0.0998. The van der Waals surface area contributed by atoms with Crippen molar-refractivity contribution in [3.05, 3.63) is 21.8 Å².